The smallest absolute Gasteiger partial charge is 0.253 e. The molecule has 0 radical (unpaired) electrons. The molecule has 0 aliphatic carbocycles. The second-order valence-electron chi connectivity index (χ2n) is 8.90. The number of aromatic nitrogens is 5. The quantitative estimate of drug-likeness (QED) is 0.520. The highest BCUT2D eigenvalue weighted by Gasteiger charge is 2.22. The lowest BCUT2D eigenvalue weighted by Crippen LogP contribution is -2.38. The zero-order chi connectivity index (χ0) is 22.8. The predicted molar refractivity (Wildman–Crippen MR) is 129 cm³/mol. The molecule has 10 heteroatoms. The van der Waals surface area contributed by atoms with E-state index in [0.717, 1.165) is 54.1 Å². The number of fused-ring (bicyclic) bond motifs is 1. The summed E-state index contributed by atoms with van der Waals surface area (Å²) in [5.41, 5.74) is 3.95. The molecule has 3 aromatic heterocycles. The monoisotopic (exact) mass is 473 g/mol. The molecule has 1 amide bonds. The summed E-state index contributed by atoms with van der Waals surface area (Å²) in [6, 6.07) is 0. The van der Waals surface area contributed by atoms with Gasteiger partial charge >= 0.3 is 0 Å². The number of amides is 1. The molecule has 2 atom stereocenters. The highest BCUT2D eigenvalue weighted by molar-refractivity contribution is 7.98. The fourth-order valence-corrected chi connectivity index (χ4v) is 5.70. The number of nitrogens with one attached hydrogen (secondary N) is 1. The van der Waals surface area contributed by atoms with Crippen LogP contribution in [0.3, 0.4) is 0 Å². The minimum absolute atomic E-state index is 0.0339. The van der Waals surface area contributed by atoms with Crippen molar-refractivity contribution in [3.05, 3.63) is 28.0 Å². The number of likely N-dealkylation sites (tertiary alicyclic amines) is 1. The van der Waals surface area contributed by atoms with E-state index in [9.17, 15) is 4.79 Å². The van der Waals surface area contributed by atoms with Crippen LogP contribution in [0, 0.1) is 25.7 Å². The average molecular weight is 474 g/mol. The Morgan fingerprint density at radius 1 is 1.22 bits per heavy atom. The Hall–Kier alpha value is -2.04. The van der Waals surface area contributed by atoms with Gasteiger partial charge in [0.05, 0.1) is 5.69 Å². The molecule has 0 aromatic carbocycles. The lowest BCUT2D eigenvalue weighted by Gasteiger charge is -2.34. The number of piperidine rings is 1. The van der Waals surface area contributed by atoms with Crippen molar-refractivity contribution in [3.63, 3.8) is 0 Å². The van der Waals surface area contributed by atoms with E-state index in [1.54, 1.807) is 4.52 Å². The van der Waals surface area contributed by atoms with Gasteiger partial charge in [0.25, 0.3) is 5.78 Å². The third-order valence-electron chi connectivity index (χ3n) is 5.94. The Morgan fingerprint density at radius 3 is 2.69 bits per heavy atom. The van der Waals surface area contributed by atoms with Crippen molar-refractivity contribution >= 4 is 39.9 Å². The van der Waals surface area contributed by atoms with Crippen LogP contribution in [0.4, 0.5) is 5.13 Å². The first kappa shape index (κ1) is 23.1. The molecule has 4 heterocycles. The second-order valence-corrected chi connectivity index (χ2v) is 10.5. The lowest BCUT2D eigenvalue weighted by molar-refractivity contribution is -0.116. The van der Waals surface area contributed by atoms with E-state index < -0.39 is 0 Å². The van der Waals surface area contributed by atoms with E-state index in [0.29, 0.717) is 28.9 Å². The standard InChI is InChI=1S/C22H31N7OS2/c1-13-8-14(2)10-28(9-13)11-17-12-32-21(24-17)25-19(30)7-6-18-15(3)23-20-26-22(31-5)27-29(20)16(18)4/h12-14H,6-11H2,1-5H3,(H,24,25,30)/t13-,14-/m0/s1. The number of hydrogen-bond acceptors (Lipinski definition) is 8. The van der Waals surface area contributed by atoms with Crippen LogP contribution in [-0.2, 0) is 17.8 Å². The van der Waals surface area contributed by atoms with Gasteiger partial charge in [-0.1, -0.05) is 25.6 Å². The van der Waals surface area contributed by atoms with Gasteiger partial charge in [-0.05, 0) is 50.3 Å². The topological polar surface area (TPSA) is 88.3 Å². The molecule has 1 N–H and O–H groups in total. The minimum Gasteiger partial charge on any atom is -0.302 e. The third kappa shape index (κ3) is 5.29. The highest BCUT2D eigenvalue weighted by Crippen LogP contribution is 2.24. The Balaban J connectivity index is 1.35. The van der Waals surface area contributed by atoms with Crippen LogP contribution in [0.5, 0.6) is 0 Å². The van der Waals surface area contributed by atoms with Gasteiger partial charge in [0, 0.05) is 42.8 Å². The summed E-state index contributed by atoms with van der Waals surface area (Å²) in [6.45, 7) is 11.7. The molecule has 0 spiro atoms. The molecule has 8 nitrogen and oxygen atoms in total. The first-order valence-electron chi connectivity index (χ1n) is 11.1. The number of thiazole rings is 1. The Bertz CT molecular complexity index is 1100. The number of thioether (sulfide) groups is 1. The fourth-order valence-electron chi connectivity index (χ4n) is 4.65. The van der Waals surface area contributed by atoms with Gasteiger partial charge in [0.15, 0.2) is 5.13 Å². The number of anilines is 1. The van der Waals surface area contributed by atoms with Crippen molar-refractivity contribution in [1.29, 1.82) is 0 Å². The normalized spacial score (nSPS) is 19.5. The molecular weight excluding hydrogens is 442 g/mol. The van der Waals surface area contributed by atoms with Crippen molar-refractivity contribution in [3.8, 4) is 0 Å². The SMILES string of the molecule is CSc1nc2nc(C)c(CCC(=O)Nc3nc(CN4C[C@@H](C)C[C@H](C)C4)cs3)c(C)n2n1. The van der Waals surface area contributed by atoms with Crippen LogP contribution >= 0.6 is 23.1 Å². The highest BCUT2D eigenvalue weighted by atomic mass is 32.2. The van der Waals surface area contributed by atoms with E-state index >= 15 is 0 Å². The number of hydrogen-bond donors (Lipinski definition) is 1. The Kier molecular flexibility index (Phi) is 7.11. The summed E-state index contributed by atoms with van der Waals surface area (Å²) in [5, 5.41) is 10.9. The maximum atomic E-state index is 12.6. The van der Waals surface area contributed by atoms with Crippen LogP contribution in [0.25, 0.3) is 5.78 Å². The zero-order valence-electron chi connectivity index (χ0n) is 19.4. The first-order valence-corrected chi connectivity index (χ1v) is 13.2. The van der Waals surface area contributed by atoms with Crippen LogP contribution in [0.1, 0.15) is 49.3 Å². The molecule has 0 saturated carbocycles. The molecular formula is C22H31N7OS2. The summed E-state index contributed by atoms with van der Waals surface area (Å²) in [6.07, 6.45) is 4.21. The maximum Gasteiger partial charge on any atom is 0.253 e. The van der Waals surface area contributed by atoms with Crippen molar-refractivity contribution < 1.29 is 4.79 Å². The molecule has 1 aliphatic rings. The maximum absolute atomic E-state index is 12.6. The number of rotatable bonds is 7. The van der Waals surface area contributed by atoms with E-state index in [1.165, 1.54) is 29.5 Å². The molecule has 32 heavy (non-hydrogen) atoms. The predicted octanol–water partition coefficient (Wildman–Crippen LogP) is 3.97. The van der Waals surface area contributed by atoms with Gasteiger partial charge in [0.1, 0.15) is 0 Å². The van der Waals surface area contributed by atoms with Crippen LogP contribution in [0.2, 0.25) is 0 Å². The molecule has 4 rings (SSSR count). The molecule has 0 bridgehead atoms. The van der Waals surface area contributed by atoms with E-state index in [1.807, 2.05) is 20.1 Å². The van der Waals surface area contributed by atoms with Crippen LogP contribution in [0.15, 0.2) is 10.5 Å². The molecule has 1 saturated heterocycles. The molecule has 1 aliphatic heterocycles. The molecule has 172 valence electrons. The Morgan fingerprint density at radius 2 is 1.97 bits per heavy atom. The van der Waals surface area contributed by atoms with Gasteiger partial charge in [-0.3, -0.25) is 9.69 Å². The van der Waals surface area contributed by atoms with Crippen LogP contribution < -0.4 is 5.32 Å². The zero-order valence-corrected chi connectivity index (χ0v) is 21.0. The van der Waals surface area contributed by atoms with Crippen molar-refractivity contribution in [1.82, 2.24) is 29.5 Å². The molecule has 0 unspecified atom stereocenters. The number of carbonyl (C=O) groups is 1. The first-order chi connectivity index (χ1) is 15.3. The molecule has 1 fully saturated rings. The summed E-state index contributed by atoms with van der Waals surface area (Å²) in [7, 11) is 0. The van der Waals surface area contributed by atoms with E-state index in [-0.39, 0.29) is 5.91 Å². The molecule has 3 aromatic rings. The van der Waals surface area contributed by atoms with Crippen molar-refractivity contribution in [2.24, 2.45) is 11.8 Å². The minimum atomic E-state index is -0.0339. The van der Waals surface area contributed by atoms with Crippen LogP contribution in [-0.4, -0.2) is 54.7 Å². The fraction of sp³-hybridized carbons (Fsp3) is 0.591. The van der Waals surface area contributed by atoms with Crippen molar-refractivity contribution in [2.75, 3.05) is 24.7 Å². The summed E-state index contributed by atoms with van der Waals surface area (Å²) in [5.74, 6) is 2.02. The van der Waals surface area contributed by atoms with Crippen molar-refractivity contribution in [2.45, 2.75) is 58.7 Å². The van der Waals surface area contributed by atoms with Gasteiger partial charge in [0.2, 0.25) is 11.1 Å². The summed E-state index contributed by atoms with van der Waals surface area (Å²) in [4.78, 5) is 28.7. The summed E-state index contributed by atoms with van der Waals surface area (Å²) < 4.78 is 1.77. The van der Waals surface area contributed by atoms with Gasteiger partial charge < -0.3 is 5.32 Å². The average Bonchev–Trinajstić information content (AvgIpc) is 3.33. The van der Waals surface area contributed by atoms with Gasteiger partial charge in [-0.15, -0.1) is 16.4 Å². The lowest BCUT2D eigenvalue weighted by atomic mass is 9.92. The van der Waals surface area contributed by atoms with Gasteiger partial charge in [-0.2, -0.15) is 4.98 Å². The largest absolute Gasteiger partial charge is 0.302 e. The van der Waals surface area contributed by atoms with E-state index in [4.69, 9.17) is 0 Å². The summed E-state index contributed by atoms with van der Waals surface area (Å²) >= 11 is 2.99. The van der Waals surface area contributed by atoms with Gasteiger partial charge in [-0.25, -0.2) is 14.5 Å². The third-order valence-corrected chi connectivity index (χ3v) is 7.29. The number of nitrogens with zero attached hydrogens (tertiary/aromatic N) is 6. The Labute approximate surface area is 197 Å². The second kappa shape index (κ2) is 9.84. The number of carbonyl (C=O) groups excluding carboxylic acids is 1. The van der Waals surface area contributed by atoms with E-state index in [2.05, 4.69) is 49.5 Å². The number of aryl methyl sites for hydroxylation is 2.